The van der Waals surface area contributed by atoms with Gasteiger partial charge in [-0.05, 0) is 55.0 Å². The summed E-state index contributed by atoms with van der Waals surface area (Å²) in [6.07, 6.45) is 3.31. The second-order valence-corrected chi connectivity index (χ2v) is 10.2. The van der Waals surface area contributed by atoms with Gasteiger partial charge >= 0.3 is 0 Å². The Kier molecular flexibility index (Phi) is 7.46. The van der Waals surface area contributed by atoms with Crippen LogP contribution in [0.3, 0.4) is 0 Å². The molecule has 2 aromatic carbocycles. The molecule has 1 N–H and O–H groups in total. The lowest BCUT2D eigenvalue weighted by atomic mass is 9.94. The zero-order valence-corrected chi connectivity index (χ0v) is 21.6. The van der Waals surface area contributed by atoms with Crippen LogP contribution in [0.2, 0.25) is 0 Å². The van der Waals surface area contributed by atoms with E-state index in [1.165, 1.54) is 11.1 Å². The van der Waals surface area contributed by atoms with Crippen molar-refractivity contribution in [1.82, 2.24) is 9.80 Å². The topological polar surface area (TPSA) is 88.2 Å². The number of rotatable bonds is 5. The Morgan fingerprint density at radius 2 is 1.92 bits per heavy atom. The van der Waals surface area contributed by atoms with Crippen LogP contribution in [0.4, 0.5) is 5.69 Å². The van der Waals surface area contributed by atoms with Crippen LogP contribution in [0.5, 0.6) is 5.75 Å². The largest absolute Gasteiger partial charge is 0.490 e. The van der Waals surface area contributed by atoms with Gasteiger partial charge in [0.1, 0.15) is 18.5 Å². The van der Waals surface area contributed by atoms with Gasteiger partial charge in [-0.1, -0.05) is 31.2 Å². The molecule has 3 amide bonds. The van der Waals surface area contributed by atoms with Gasteiger partial charge < -0.3 is 24.6 Å². The summed E-state index contributed by atoms with van der Waals surface area (Å²) < 4.78 is 12.4. The molecule has 3 aliphatic rings. The summed E-state index contributed by atoms with van der Waals surface area (Å²) in [4.78, 5) is 42.2. The van der Waals surface area contributed by atoms with Gasteiger partial charge in [0, 0.05) is 32.2 Å². The predicted octanol–water partition coefficient (Wildman–Crippen LogP) is 3.78. The first-order valence-corrected chi connectivity index (χ1v) is 13.3. The number of carbonyl (C=O) groups is 3. The van der Waals surface area contributed by atoms with Gasteiger partial charge in [0.15, 0.2) is 0 Å². The Bertz CT molecular complexity index is 1180. The number of nitrogens with zero attached hydrogens (tertiary/aromatic N) is 2. The maximum atomic E-state index is 13.4. The third kappa shape index (κ3) is 5.49. The maximum absolute atomic E-state index is 13.4. The quantitative estimate of drug-likeness (QED) is 0.668. The monoisotopic (exact) mass is 505 g/mol. The van der Waals surface area contributed by atoms with E-state index < -0.39 is 0 Å². The smallest absolute Gasteiger partial charge is 0.257 e. The first-order chi connectivity index (χ1) is 17.9. The van der Waals surface area contributed by atoms with Crippen LogP contribution in [0.1, 0.15) is 60.5 Å². The second kappa shape index (κ2) is 10.9. The van der Waals surface area contributed by atoms with E-state index >= 15 is 0 Å². The van der Waals surface area contributed by atoms with Crippen molar-refractivity contribution in [1.29, 1.82) is 0 Å². The van der Waals surface area contributed by atoms with Crippen molar-refractivity contribution in [2.24, 2.45) is 0 Å². The molecule has 0 aliphatic carbocycles. The van der Waals surface area contributed by atoms with E-state index in [1.54, 1.807) is 30.1 Å². The van der Waals surface area contributed by atoms with E-state index in [0.717, 1.165) is 25.8 Å². The summed E-state index contributed by atoms with van der Waals surface area (Å²) in [6.45, 7) is 3.61. The number of amides is 3. The van der Waals surface area contributed by atoms with Gasteiger partial charge in [-0.15, -0.1) is 0 Å². The Balaban J connectivity index is 1.23. The molecule has 0 aromatic heterocycles. The number of nitrogens with one attached hydrogen (secondary N) is 1. The number of carbonyl (C=O) groups excluding carboxylic acids is 3. The molecule has 2 aromatic rings. The number of likely N-dealkylation sites (N-methyl/N-ethyl adjacent to an activating group) is 1. The molecule has 0 unspecified atom stereocenters. The molecule has 1 saturated heterocycles. The number of hydrogen-bond donors (Lipinski definition) is 1. The summed E-state index contributed by atoms with van der Waals surface area (Å²) in [5.41, 5.74) is 3.54. The van der Waals surface area contributed by atoms with Crippen molar-refractivity contribution < 1.29 is 23.9 Å². The zero-order chi connectivity index (χ0) is 25.9. The molecule has 3 atom stereocenters. The highest BCUT2D eigenvalue weighted by atomic mass is 16.5. The van der Waals surface area contributed by atoms with Gasteiger partial charge in [0.2, 0.25) is 11.8 Å². The predicted molar refractivity (Wildman–Crippen MR) is 139 cm³/mol. The minimum absolute atomic E-state index is 0.0786. The number of benzene rings is 2. The van der Waals surface area contributed by atoms with Gasteiger partial charge in [0.25, 0.3) is 5.91 Å². The molecule has 0 spiro atoms. The molecule has 0 saturated carbocycles. The molecule has 5 rings (SSSR count). The highest BCUT2D eigenvalue weighted by Crippen LogP contribution is 2.33. The number of ether oxygens (including phenoxy) is 2. The van der Waals surface area contributed by atoms with Crippen molar-refractivity contribution in [2.75, 3.05) is 25.5 Å². The number of hydrogen-bond acceptors (Lipinski definition) is 5. The van der Waals surface area contributed by atoms with Crippen LogP contribution < -0.4 is 10.1 Å². The molecule has 196 valence electrons. The lowest BCUT2D eigenvalue weighted by molar-refractivity contribution is -0.143. The highest BCUT2D eigenvalue weighted by Gasteiger charge is 2.39. The third-order valence-corrected chi connectivity index (χ3v) is 7.66. The molecule has 37 heavy (non-hydrogen) atoms. The van der Waals surface area contributed by atoms with E-state index in [1.807, 2.05) is 24.0 Å². The van der Waals surface area contributed by atoms with Gasteiger partial charge in [-0.2, -0.15) is 0 Å². The van der Waals surface area contributed by atoms with E-state index in [0.29, 0.717) is 49.4 Å². The Labute approximate surface area is 217 Å². The molecule has 1 fully saturated rings. The Hall–Kier alpha value is -3.39. The summed E-state index contributed by atoms with van der Waals surface area (Å²) in [5, 5.41) is 2.85. The lowest BCUT2D eigenvalue weighted by Gasteiger charge is -2.42. The van der Waals surface area contributed by atoms with Crippen molar-refractivity contribution in [3.63, 3.8) is 0 Å². The standard InChI is InChI=1S/C29H35N3O5/c1-3-6-27(33)30-21-9-12-25-23(15-21)29(35)31(2)24-11-10-22(37-26(24)18-36-25)16-28(34)32-14-13-19-7-4-5-8-20(19)17-32/h4-5,7-9,12,15,22,24,26H,3,6,10-11,13-14,16-18H2,1-2H3,(H,30,33)/t22-,24-,26+/m0/s1. The molecule has 8 heteroatoms. The van der Waals surface area contributed by atoms with Crippen molar-refractivity contribution in [3.05, 3.63) is 59.2 Å². The first-order valence-electron chi connectivity index (χ1n) is 13.3. The van der Waals surface area contributed by atoms with E-state index in [2.05, 4.69) is 17.4 Å². The fourth-order valence-corrected chi connectivity index (χ4v) is 5.59. The van der Waals surface area contributed by atoms with Crippen molar-refractivity contribution >= 4 is 23.4 Å². The molecule has 3 heterocycles. The summed E-state index contributed by atoms with van der Waals surface area (Å²) in [5.74, 6) is 0.334. The SMILES string of the molecule is CCCC(=O)Nc1ccc2c(c1)C(=O)N(C)[C@H]1CC[C@@H](CC(=O)N3CCc4ccccc4C3)O[C@@H]1CO2. The van der Waals surface area contributed by atoms with Crippen LogP contribution >= 0.6 is 0 Å². The van der Waals surface area contributed by atoms with Crippen LogP contribution in [-0.2, 0) is 27.3 Å². The number of fused-ring (bicyclic) bond motifs is 3. The molecule has 8 nitrogen and oxygen atoms in total. The van der Waals surface area contributed by atoms with Gasteiger partial charge in [-0.3, -0.25) is 14.4 Å². The minimum Gasteiger partial charge on any atom is -0.490 e. The van der Waals surface area contributed by atoms with Crippen LogP contribution in [0, 0.1) is 0 Å². The fraction of sp³-hybridized carbons (Fsp3) is 0.483. The highest BCUT2D eigenvalue weighted by molar-refractivity contribution is 5.99. The minimum atomic E-state index is -0.320. The van der Waals surface area contributed by atoms with Crippen LogP contribution in [0.25, 0.3) is 0 Å². The molecule has 3 aliphatic heterocycles. The average molecular weight is 506 g/mol. The summed E-state index contributed by atoms with van der Waals surface area (Å²) in [7, 11) is 1.79. The van der Waals surface area contributed by atoms with Gasteiger partial charge in [0.05, 0.1) is 24.1 Å². The van der Waals surface area contributed by atoms with E-state index in [4.69, 9.17) is 9.47 Å². The van der Waals surface area contributed by atoms with E-state index in [-0.39, 0.29) is 36.0 Å². The molecule has 0 bridgehead atoms. The van der Waals surface area contributed by atoms with Crippen molar-refractivity contribution in [2.45, 2.75) is 70.2 Å². The summed E-state index contributed by atoms with van der Waals surface area (Å²) >= 11 is 0. The first kappa shape index (κ1) is 25.3. The summed E-state index contributed by atoms with van der Waals surface area (Å²) in [6, 6.07) is 13.3. The lowest BCUT2D eigenvalue weighted by Crippen LogP contribution is -2.54. The van der Waals surface area contributed by atoms with E-state index in [9.17, 15) is 14.4 Å². The maximum Gasteiger partial charge on any atom is 0.257 e. The number of anilines is 1. The molecular weight excluding hydrogens is 470 g/mol. The van der Waals surface area contributed by atoms with Crippen LogP contribution in [-0.4, -0.2) is 66.0 Å². The third-order valence-electron chi connectivity index (χ3n) is 7.66. The Morgan fingerprint density at radius 1 is 1.11 bits per heavy atom. The van der Waals surface area contributed by atoms with Crippen molar-refractivity contribution in [3.8, 4) is 5.75 Å². The fourth-order valence-electron chi connectivity index (χ4n) is 5.59. The second-order valence-electron chi connectivity index (χ2n) is 10.2. The van der Waals surface area contributed by atoms with Crippen LogP contribution in [0.15, 0.2) is 42.5 Å². The Morgan fingerprint density at radius 3 is 2.73 bits per heavy atom. The molecular formula is C29H35N3O5. The van der Waals surface area contributed by atoms with Gasteiger partial charge in [-0.25, -0.2) is 0 Å². The molecule has 0 radical (unpaired) electrons. The average Bonchev–Trinajstić information content (AvgIpc) is 2.91. The zero-order valence-electron chi connectivity index (χ0n) is 21.6. The normalized spacial score (nSPS) is 23.1.